The van der Waals surface area contributed by atoms with Crippen LogP contribution < -0.4 is 10.1 Å². The minimum atomic E-state index is 0.193. The Kier molecular flexibility index (Phi) is 3.36. The summed E-state index contributed by atoms with van der Waals surface area (Å²) in [6.45, 7) is 2.07. The highest BCUT2D eigenvalue weighted by molar-refractivity contribution is 7.07. The van der Waals surface area contributed by atoms with Crippen molar-refractivity contribution in [2.24, 2.45) is 0 Å². The van der Waals surface area contributed by atoms with Crippen LogP contribution in [0.2, 0.25) is 0 Å². The van der Waals surface area contributed by atoms with Gasteiger partial charge in [-0.25, -0.2) is 4.98 Å². The lowest BCUT2D eigenvalue weighted by Crippen LogP contribution is -2.08. The number of ether oxygens (including phenoxy) is 1. The Morgan fingerprint density at radius 3 is 3.00 bits per heavy atom. The van der Waals surface area contributed by atoms with Gasteiger partial charge in [-0.1, -0.05) is 0 Å². The van der Waals surface area contributed by atoms with Crippen molar-refractivity contribution in [1.29, 1.82) is 0 Å². The summed E-state index contributed by atoms with van der Waals surface area (Å²) in [6.07, 6.45) is 1.68. The van der Waals surface area contributed by atoms with Gasteiger partial charge >= 0.3 is 0 Å². The van der Waals surface area contributed by atoms with Crippen LogP contribution in [0.15, 0.2) is 29.1 Å². The van der Waals surface area contributed by atoms with E-state index < -0.39 is 0 Å². The molecular weight excluding hydrogens is 222 g/mol. The Bertz CT molecular complexity index is 444. The first kappa shape index (κ1) is 10.9. The van der Waals surface area contributed by atoms with Gasteiger partial charge < -0.3 is 10.1 Å². The molecular formula is C11H13N3OS. The molecule has 1 atom stereocenters. The molecule has 2 aromatic rings. The van der Waals surface area contributed by atoms with Gasteiger partial charge in [-0.3, -0.25) is 0 Å². The van der Waals surface area contributed by atoms with Crippen molar-refractivity contribution in [1.82, 2.24) is 9.97 Å². The van der Waals surface area contributed by atoms with Crippen molar-refractivity contribution in [2.45, 2.75) is 13.0 Å². The van der Waals surface area contributed by atoms with Gasteiger partial charge in [-0.15, -0.1) is 0 Å². The zero-order chi connectivity index (χ0) is 11.4. The van der Waals surface area contributed by atoms with Gasteiger partial charge in [0.25, 0.3) is 0 Å². The maximum absolute atomic E-state index is 5.04. The van der Waals surface area contributed by atoms with Crippen LogP contribution >= 0.6 is 11.3 Å². The topological polar surface area (TPSA) is 47.0 Å². The third-order valence-electron chi connectivity index (χ3n) is 2.23. The molecule has 0 aliphatic heterocycles. The number of hydrogen-bond donors (Lipinski definition) is 1. The second kappa shape index (κ2) is 4.94. The molecule has 0 bridgehead atoms. The fraction of sp³-hybridized carbons (Fsp3) is 0.273. The summed E-state index contributed by atoms with van der Waals surface area (Å²) in [7, 11) is 1.59. The zero-order valence-electron chi connectivity index (χ0n) is 9.18. The fourth-order valence-electron chi connectivity index (χ4n) is 1.32. The van der Waals surface area contributed by atoms with E-state index in [1.165, 1.54) is 5.56 Å². The summed E-state index contributed by atoms with van der Waals surface area (Å²) in [5.74, 6) is 1.15. The van der Waals surface area contributed by atoms with E-state index in [-0.39, 0.29) is 6.04 Å². The minimum absolute atomic E-state index is 0.193. The van der Waals surface area contributed by atoms with Gasteiger partial charge in [0.2, 0.25) is 11.8 Å². The highest BCUT2D eigenvalue weighted by Gasteiger charge is 2.07. The summed E-state index contributed by atoms with van der Waals surface area (Å²) in [6, 6.07) is 4.00. The molecule has 1 unspecified atom stereocenters. The molecule has 16 heavy (non-hydrogen) atoms. The number of nitrogens with one attached hydrogen (secondary N) is 1. The fourth-order valence-corrected chi connectivity index (χ4v) is 2.08. The molecule has 84 valence electrons. The molecule has 2 rings (SSSR count). The molecule has 0 aromatic carbocycles. The predicted octanol–water partition coefficient (Wildman–Crippen LogP) is 2.72. The summed E-state index contributed by atoms with van der Waals surface area (Å²) in [5.41, 5.74) is 1.23. The number of thiophene rings is 1. The van der Waals surface area contributed by atoms with Crippen LogP contribution in [-0.4, -0.2) is 17.1 Å². The Labute approximate surface area is 98.3 Å². The van der Waals surface area contributed by atoms with Gasteiger partial charge in [-0.2, -0.15) is 16.3 Å². The van der Waals surface area contributed by atoms with Crippen molar-refractivity contribution >= 4 is 17.3 Å². The van der Waals surface area contributed by atoms with E-state index in [2.05, 4.69) is 39.0 Å². The monoisotopic (exact) mass is 235 g/mol. The third kappa shape index (κ3) is 2.49. The van der Waals surface area contributed by atoms with E-state index in [9.17, 15) is 0 Å². The Morgan fingerprint density at radius 2 is 2.31 bits per heavy atom. The summed E-state index contributed by atoms with van der Waals surface area (Å²) in [5, 5.41) is 7.39. The first-order valence-corrected chi connectivity index (χ1v) is 5.89. The Balaban J connectivity index is 2.08. The molecule has 0 amide bonds. The summed E-state index contributed by atoms with van der Waals surface area (Å²) in [4.78, 5) is 8.34. The van der Waals surface area contributed by atoms with Gasteiger partial charge in [0, 0.05) is 12.3 Å². The van der Waals surface area contributed by atoms with E-state index >= 15 is 0 Å². The number of anilines is 1. The number of rotatable bonds is 4. The van der Waals surface area contributed by atoms with E-state index in [0.717, 1.165) is 0 Å². The molecule has 0 aliphatic rings. The maximum Gasteiger partial charge on any atom is 0.226 e. The van der Waals surface area contributed by atoms with Crippen LogP contribution in [0.3, 0.4) is 0 Å². The van der Waals surface area contributed by atoms with Crippen molar-refractivity contribution < 1.29 is 4.74 Å². The van der Waals surface area contributed by atoms with E-state index in [1.807, 2.05) is 0 Å². The average Bonchev–Trinajstić information content (AvgIpc) is 2.83. The largest absolute Gasteiger partial charge is 0.481 e. The zero-order valence-corrected chi connectivity index (χ0v) is 9.99. The molecule has 2 aromatic heterocycles. The van der Waals surface area contributed by atoms with Crippen LogP contribution in [0, 0.1) is 0 Å². The average molecular weight is 235 g/mol. The quantitative estimate of drug-likeness (QED) is 0.885. The van der Waals surface area contributed by atoms with Crippen molar-refractivity contribution in [3.8, 4) is 5.88 Å². The second-order valence-electron chi connectivity index (χ2n) is 3.35. The molecule has 0 fully saturated rings. The molecule has 4 nitrogen and oxygen atoms in total. The smallest absolute Gasteiger partial charge is 0.226 e. The van der Waals surface area contributed by atoms with Crippen LogP contribution in [0.4, 0.5) is 5.95 Å². The lowest BCUT2D eigenvalue weighted by molar-refractivity contribution is 0.397. The summed E-state index contributed by atoms with van der Waals surface area (Å²) >= 11 is 1.68. The molecule has 0 saturated heterocycles. The number of hydrogen-bond acceptors (Lipinski definition) is 5. The van der Waals surface area contributed by atoms with Crippen molar-refractivity contribution in [2.75, 3.05) is 12.4 Å². The lowest BCUT2D eigenvalue weighted by atomic mass is 10.2. The SMILES string of the molecule is COc1ccnc(NC(C)c2ccsc2)n1. The van der Waals surface area contributed by atoms with Crippen LogP contribution in [0.25, 0.3) is 0 Å². The van der Waals surface area contributed by atoms with Gasteiger partial charge in [0.15, 0.2) is 0 Å². The molecule has 0 radical (unpaired) electrons. The molecule has 0 aliphatic carbocycles. The molecule has 1 N–H and O–H groups in total. The highest BCUT2D eigenvalue weighted by atomic mass is 32.1. The maximum atomic E-state index is 5.04. The number of nitrogens with zero attached hydrogens (tertiary/aromatic N) is 2. The third-order valence-corrected chi connectivity index (χ3v) is 2.93. The van der Waals surface area contributed by atoms with Crippen LogP contribution in [-0.2, 0) is 0 Å². The van der Waals surface area contributed by atoms with Crippen molar-refractivity contribution in [3.05, 3.63) is 34.7 Å². The molecule has 2 heterocycles. The van der Waals surface area contributed by atoms with Crippen LogP contribution in [0.1, 0.15) is 18.5 Å². The van der Waals surface area contributed by atoms with E-state index in [4.69, 9.17) is 4.74 Å². The first-order chi connectivity index (χ1) is 7.79. The summed E-state index contributed by atoms with van der Waals surface area (Å²) < 4.78 is 5.04. The second-order valence-corrected chi connectivity index (χ2v) is 4.13. The van der Waals surface area contributed by atoms with E-state index in [1.54, 1.807) is 30.7 Å². The van der Waals surface area contributed by atoms with Gasteiger partial charge in [-0.05, 0) is 29.3 Å². The first-order valence-electron chi connectivity index (χ1n) is 4.95. The Morgan fingerprint density at radius 1 is 1.44 bits per heavy atom. The number of methoxy groups -OCH3 is 1. The number of aromatic nitrogens is 2. The standard InChI is InChI=1S/C11H13N3OS/c1-8(9-4-6-16-7-9)13-11-12-5-3-10(14-11)15-2/h3-8H,1-2H3,(H,12,13,14). The van der Waals surface area contributed by atoms with Crippen LogP contribution in [0.5, 0.6) is 5.88 Å². The minimum Gasteiger partial charge on any atom is -0.481 e. The lowest BCUT2D eigenvalue weighted by Gasteiger charge is -2.12. The van der Waals surface area contributed by atoms with E-state index in [0.29, 0.717) is 11.8 Å². The Hall–Kier alpha value is -1.62. The highest BCUT2D eigenvalue weighted by Crippen LogP contribution is 2.19. The molecule has 5 heteroatoms. The van der Waals surface area contributed by atoms with Gasteiger partial charge in [0.1, 0.15) is 0 Å². The molecule has 0 saturated carbocycles. The van der Waals surface area contributed by atoms with Crippen molar-refractivity contribution in [3.63, 3.8) is 0 Å². The predicted molar refractivity (Wildman–Crippen MR) is 64.9 cm³/mol. The van der Waals surface area contributed by atoms with Gasteiger partial charge in [0.05, 0.1) is 13.2 Å². The molecule has 0 spiro atoms. The normalized spacial score (nSPS) is 12.1.